The van der Waals surface area contributed by atoms with Crippen LogP contribution in [0.3, 0.4) is 0 Å². The Bertz CT molecular complexity index is 466. The van der Waals surface area contributed by atoms with Gasteiger partial charge in [-0.1, -0.05) is 0 Å². The Morgan fingerprint density at radius 1 is 1.67 bits per heavy atom. The van der Waals surface area contributed by atoms with Crippen LogP contribution in [-0.4, -0.2) is 43.9 Å². The number of nitrogens with zero attached hydrogens (tertiary/aromatic N) is 3. The molecular formula is C12H13N3O3. The summed E-state index contributed by atoms with van der Waals surface area (Å²) in [6.45, 7) is 1.44. The summed E-state index contributed by atoms with van der Waals surface area (Å²) in [4.78, 5) is 17.5. The first kappa shape index (κ1) is 12.3. The number of esters is 1. The maximum absolute atomic E-state index is 11.7. The van der Waals surface area contributed by atoms with Crippen molar-refractivity contribution < 1.29 is 14.3 Å². The molecule has 6 nitrogen and oxygen atoms in total. The second-order valence-electron chi connectivity index (χ2n) is 3.82. The first-order valence-corrected chi connectivity index (χ1v) is 5.54. The molecule has 0 aromatic carbocycles. The average molecular weight is 247 g/mol. The van der Waals surface area contributed by atoms with E-state index in [0.717, 1.165) is 5.69 Å². The highest BCUT2D eigenvalue weighted by atomic mass is 16.5. The fourth-order valence-corrected chi connectivity index (χ4v) is 1.87. The minimum Gasteiger partial charge on any atom is -0.467 e. The molecule has 0 aliphatic carbocycles. The second kappa shape index (κ2) is 5.47. The molecule has 0 spiro atoms. The Morgan fingerprint density at radius 3 is 3.11 bits per heavy atom. The van der Waals surface area contributed by atoms with Gasteiger partial charge in [0.1, 0.15) is 11.8 Å². The lowest BCUT2D eigenvalue weighted by atomic mass is 10.2. The number of carbonyl (C=O) groups is 1. The number of ether oxygens (including phenoxy) is 2. The fraction of sp³-hybridized carbons (Fsp3) is 0.417. The standard InChI is InChI=1S/C12H13N3O3/c1-17-12(16)11-8-18-5-4-15(11)10-3-2-9(6-13)14-7-10/h2-3,7,11H,4-5,8H2,1H3. The molecule has 1 aliphatic heterocycles. The predicted molar refractivity (Wildman–Crippen MR) is 62.9 cm³/mol. The van der Waals surface area contributed by atoms with Crippen LogP contribution in [0.15, 0.2) is 18.3 Å². The van der Waals surface area contributed by atoms with Crippen molar-refractivity contribution in [3.63, 3.8) is 0 Å². The highest BCUT2D eigenvalue weighted by molar-refractivity contribution is 5.80. The number of methoxy groups -OCH3 is 1. The highest BCUT2D eigenvalue weighted by Gasteiger charge is 2.30. The van der Waals surface area contributed by atoms with Gasteiger partial charge in [0.05, 0.1) is 32.2 Å². The van der Waals surface area contributed by atoms with Crippen LogP contribution in [0, 0.1) is 11.3 Å². The van der Waals surface area contributed by atoms with E-state index >= 15 is 0 Å². The zero-order valence-electron chi connectivity index (χ0n) is 10.00. The van der Waals surface area contributed by atoms with Crippen LogP contribution in [0.5, 0.6) is 0 Å². The van der Waals surface area contributed by atoms with Crippen LogP contribution in [0.4, 0.5) is 5.69 Å². The number of hydrogen-bond acceptors (Lipinski definition) is 6. The van der Waals surface area contributed by atoms with Crippen molar-refractivity contribution in [2.24, 2.45) is 0 Å². The molecule has 1 aromatic heterocycles. The quantitative estimate of drug-likeness (QED) is 0.701. The van der Waals surface area contributed by atoms with E-state index in [2.05, 4.69) is 4.98 Å². The zero-order chi connectivity index (χ0) is 13.0. The van der Waals surface area contributed by atoms with Crippen LogP contribution in [0.2, 0.25) is 0 Å². The fourth-order valence-electron chi connectivity index (χ4n) is 1.87. The van der Waals surface area contributed by atoms with E-state index in [4.69, 9.17) is 14.7 Å². The molecule has 0 radical (unpaired) electrons. The summed E-state index contributed by atoms with van der Waals surface area (Å²) in [6, 6.07) is 4.89. The Morgan fingerprint density at radius 2 is 2.50 bits per heavy atom. The van der Waals surface area contributed by atoms with Crippen LogP contribution >= 0.6 is 0 Å². The van der Waals surface area contributed by atoms with Crippen molar-refractivity contribution in [3.05, 3.63) is 24.0 Å². The van der Waals surface area contributed by atoms with Gasteiger partial charge < -0.3 is 14.4 Å². The maximum Gasteiger partial charge on any atom is 0.330 e. The summed E-state index contributed by atoms with van der Waals surface area (Å²) in [5.74, 6) is -0.334. The lowest BCUT2D eigenvalue weighted by Crippen LogP contribution is -2.50. The minimum atomic E-state index is -0.460. The highest BCUT2D eigenvalue weighted by Crippen LogP contribution is 2.19. The number of aromatic nitrogens is 1. The van der Waals surface area contributed by atoms with Crippen LogP contribution in [0.25, 0.3) is 0 Å². The number of hydrogen-bond donors (Lipinski definition) is 0. The molecule has 0 bridgehead atoms. The third-order valence-electron chi connectivity index (χ3n) is 2.80. The first-order chi connectivity index (χ1) is 8.76. The van der Waals surface area contributed by atoms with E-state index in [9.17, 15) is 4.79 Å². The van der Waals surface area contributed by atoms with Crippen molar-refractivity contribution in [1.82, 2.24) is 4.98 Å². The second-order valence-corrected chi connectivity index (χ2v) is 3.82. The average Bonchev–Trinajstić information content (AvgIpc) is 2.46. The summed E-state index contributed by atoms with van der Waals surface area (Å²) in [7, 11) is 1.35. The van der Waals surface area contributed by atoms with Gasteiger partial charge in [0.15, 0.2) is 6.04 Å². The molecule has 1 fully saturated rings. The smallest absolute Gasteiger partial charge is 0.330 e. The molecule has 0 N–H and O–H groups in total. The van der Waals surface area contributed by atoms with Crippen molar-refractivity contribution in [3.8, 4) is 6.07 Å². The van der Waals surface area contributed by atoms with E-state index in [1.54, 1.807) is 18.3 Å². The van der Waals surface area contributed by atoms with E-state index in [-0.39, 0.29) is 5.97 Å². The number of morpholine rings is 1. The molecule has 2 heterocycles. The van der Waals surface area contributed by atoms with Gasteiger partial charge in [-0.05, 0) is 12.1 Å². The van der Waals surface area contributed by atoms with Crippen molar-refractivity contribution in [1.29, 1.82) is 5.26 Å². The number of nitriles is 1. The first-order valence-electron chi connectivity index (χ1n) is 5.54. The summed E-state index contributed by atoms with van der Waals surface area (Å²) in [5, 5.41) is 8.70. The summed E-state index contributed by atoms with van der Waals surface area (Å²) < 4.78 is 10.0. The number of anilines is 1. The molecule has 0 saturated carbocycles. The molecule has 1 aliphatic rings. The van der Waals surface area contributed by atoms with Crippen LogP contribution in [0.1, 0.15) is 5.69 Å². The number of carbonyl (C=O) groups excluding carboxylic acids is 1. The van der Waals surface area contributed by atoms with E-state index in [1.165, 1.54) is 7.11 Å². The minimum absolute atomic E-state index is 0.298. The normalized spacial score (nSPS) is 19.1. The van der Waals surface area contributed by atoms with Crippen LogP contribution in [-0.2, 0) is 14.3 Å². The Balaban J connectivity index is 2.22. The molecular weight excluding hydrogens is 234 g/mol. The lowest BCUT2D eigenvalue weighted by Gasteiger charge is -2.35. The Labute approximate surface area is 105 Å². The van der Waals surface area contributed by atoms with Gasteiger partial charge in [-0.15, -0.1) is 0 Å². The Hall–Kier alpha value is -2.13. The van der Waals surface area contributed by atoms with Gasteiger partial charge in [-0.2, -0.15) is 5.26 Å². The van der Waals surface area contributed by atoms with Crippen molar-refractivity contribution in [2.75, 3.05) is 31.8 Å². The third kappa shape index (κ3) is 2.41. The molecule has 0 amide bonds. The number of rotatable bonds is 2. The van der Waals surface area contributed by atoms with Gasteiger partial charge in [0, 0.05) is 6.54 Å². The lowest BCUT2D eigenvalue weighted by molar-refractivity contribution is -0.144. The van der Waals surface area contributed by atoms with Crippen molar-refractivity contribution >= 4 is 11.7 Å². The monoisotopic (exact) mass is 247 g/mol. The largest absolute Gasteiger partial charge is 0.467 e. The third-order valence-corrected chi connectivity index (χ3v) is 2.80. The van der Waals surface area contributed by atoms with Crippen molar-refractivity contribution in [2.45, 2.75) is 6.04 Å². The SMILES string of the molecule is COC(=O)C1COCCN1c1ccc(C#N)nc1. The van der Waals surface area contributed by atoms with Crippen LogP contribution < -0.4 is 4.90 Å². The number of pyridine rings is 1. The van der Waals surface area contributed by atoms with Gasteiger partial charge in [-0.3, -0.25) is 0 Å². The molecule has 1 aromatic rings. The van der Waals surface area contributed by atoms with Gasteiger partial charge in [0.25, 0.3) is 0 Å². The molecule has 94 valence electrons. The Kier molecular flexibility index (Phi) is 3.75. The van der Waals surface area contributed by atoms with Gasteiger partial charge >= 0.3 is 5.97 Å². The summed E-state index contributed by atoms with van der Waals surface area (Å²) in [6.07, 6.45) is 1.58. The molecule has 1 atom stereocenters. The summed E-state index contributed by atoms with van der Waals surface area (Å²) in [5.41, 5.74) is 1.13. The zero-order valence-corrected chi connectivity index (χ0v) is 10.00. The molecule has 2 rings (SSSR count). The van der Waals surface area contributed by atoms with E-state index in [0.29, 0.717) is 25.5 Å². The predicted octanol–water partition coefficient (Wildman–Crippen LogP) is 0.331. The van der Waals surface area contributed by atoms with Gasteiger partial charge in [-0.25, -0.2) is 9.78 Å². The van der Waals surface area contributed by atoms with Gasteiger partial charge in [0.2, 0.25) is 0 Å². The maximum atomic E-state index is 11.7. The molecule has 18 heavy (non-hydrogen) atoms. The molecule has 1 saturated heterocycles. The molecule has 6 heteroatoms. The van der Waals surface area contributed by atoms with E-state index in [1.807, 2.05) is 11.0 Å². The summed E-state index contributed by atoms with van der Waals surface area (Å²) >= 11 is 0. The van der Waals surface area contributed by atoms with E-state index < -0.39 is 6.04 Å². The molecule has 1 unspecified atom stereocenters. The topological polar surface area (TPSA) is 75.5 Å².